The number of carbonyl (C=O) groups excluding carboxylic acids is 2. The standard InChI is InChI=1S/C23H20FN5O4/c1-12-10-15(6-8-17(12)28-23(31)27-14-5-3-4-13(24)11-14)26-22(30)16-7-9-18(32-2)20-19(16)21(25)29-33-20/h3-11H,1-2H3,(H2,25,29)(H,26,30)(H2,27,28,31). The van der Waals surface area contributed by atoms with Gasteiger partial charge >= 0.3 is 6.03 Å². The molecule has 0 saturated heterocycles. The molecule has 0 bridgehead atoms. The van der Waals surface area contributed by atoms with Crippen molar-refractivity contribution >= 4 is 45.8 Å². The molecule has 0 saturated carbocycles. The first-order valence-electron chi connectivity index (χ1n) is 9.83. The van der Waals surface area contributed by atoms with E-state index in [9.17, 15) is 14.0 Å². The maximum absolute atomic E-state index is 13.3. The highest BCUT2D eigenvalue weighted by Gasteiger charge is 2.20. The lowest BCUT2D eigenvalue weighted by Gasteiger charge is -2.12. The highest BCUT2D eigenvalue weighted by atomic mass is 19.1. The van der Waals surface area contributed by atoms with Crippen LogP contribution in [0.25, 0.3) is 11.0 Å². The number of benzene rings is 3. The van der Waals surface area contributed by atoms with Crippen molar-refractivity contribution in [3.63, 3.8) is 0 Å². The second kappa shape index (κ2) is 8.87. The highest BCUT2D eigenvalue weighted by molar-refractivity contribution is 6.15. The van der Waals surface area contributed by atoms with Gasteiger partial charge in [0.1, 0.15) is 5.82 Å². The Hall–Kier alpha value is -4.60. The largest absolute Gasteiger partial charge is 0.493 e. The number of ether oxygens (including phenoxy) is 1. The van der Waals surface area contributed by atoms with Crippen LogP contribution < -0.4 is 26.4 Å². The van der Waals surface area contributed by atoms with Crippen LogP contribution in [0.5, 0.6) is 5.75 Å². The lowest BCUT2D eigenvalue weighted by molar-refractivity contribution is 0.102. The van der Waals surface area contributed by atoms with E-state index in [-0.39, 0.29) is 17.0 Å². The number of rotatable bonds is 5. The van der Waals surface area contributed by atoms with E-state index in [1.165, 1.54) is 25.3 Å². The molecule has 5 N–H and O–H groups in total. The number of nitrogen functional groups attached to an aromatic ring is 1. The van der Waals surface area contributed by atoms with Crippen molar-refractivity contribution in [3.05, 3.63) is 71.5 Å². The lowest BCUT2D eigenvalue weighted by atomic mass is 10.1. The third kappa shape index (κ3) is 4.54. The quantitative estimate of drug-likeness (QED) is 0.347. The minimum Gasteiger partial charge on any atom is -0.493 e. The average Bonchev–Trinajstić information content (AvgIpc) is 3.17. The van der Waals surface area contributed by atoms with Crippen molar-refractivity contribution in [2.45, 2.75) is 6.92 Å². The fraction of sp³-hybridized carbons (Fsp3) is 0.0870. The van der Waals surface area contributed by atoms with Crippen LogP contribution >= 0.6 is 0 Å². The summed E-state index contributed by atoms with van der Waals surface area (Å²) in [6.07, 6.45) is 0. The van der Waals surface area contributed by atoms with E-state index in [2.05, 4.69) is 21.1 Å². The van der Waals surface area contributed by atoms with Crippen LogP contribution in [0.1, 0.15) is 15.9 Å². The van der Waals surface area contributed by atoms with Gasteiger partial charge in [0.2, 0.25) is 5.58 Å². The van der Waals surface area contributed by atoms with Crippen LogP contribution in [0.4, 0.5) is 32.1 Å². The van der Waals surface area contributed by atoms with E-state index in [1.54, 1.807) is 43.3 Å². The summed E-state index contributed by atoms with van der Waals surface area (Å²) in [6, 6.07) is 13.2. The fourth-order valence-corrected chi connectivity index (χ4v) is 3.33. The van der Waals surface area contributed by atoms with E-state index < -0.39 is 17.8 Å². The van der Waals surface area contributed by atoms with Gasteiger partial charge in [-0.2, -0.15) is 0 Å². The summed E-state index contributed by atoms with van der Waals surface area (Å²) in [5.41, 5.74) is 8.49. The molecule has 1 aromatic heterocycles. The zero-order valence-electron chi connectivity index (χ0n) is 17.7. The number of urea groups is 1. The van der Waals surface area contributed by atoms with E-state index in [0.717, 1.165) is 0 Å². The second-order valence-corrected chi connectivity index (χ2v) is 7.16. The SMILES string of the molecule is COc1ccc(C(=O)Nc2ccc(NC(=O)Nc3cccc(F)c3)c(C)c2)c2c(N)noc12. The highest BCUT2D eigenvalue weighted by Crippen LogP contribution is 2.33. The number of anilines is 4. The normalized spacial score (nSPS) is 10.6. The molecular formula is C23H20FN5O4. The Labute approximate surface area is 187 Å². The molecule has 4 rings (SSSR count). The smallest absolute Gasteiger partial charge is 0.323 e. The summed E-state index contributed by atoms with van der Waals surface area (Å²) >= 11 is 0. The van der Waals surface area contributed by atoms with Crippen LogP contribution in [0.3, 0.4) is 0 Å². The molecule has 0 atom stereocenters. The van der Waals surface area contributed by atoms with Crippen molar-refractivity contribution < 1.29 is 23.2 Å². The molecule has 9 nitrogen and oxygen atoms in total. The minimum atomic E-state index is -0.524. The maximum Gasteiger partial charge on any atom is 0.323 e. The maximum atomic E-state index is 13.3. The summed E-state index contributed by atoms with van der Waals surface area (Å²) in [6.45, 7) is 1.77. The van der Waals surface area contributed by atoms with Crippen LogP contribution in [0.15, 0.2) is 59.1 Å². The van der Waals surface area contributed by atoms with Gasteiger partial charge in [-0.3, -0.25) is 4.79 Å². The van der Waals surface area contributed by atoms with E-state index >= 15 is 0 Å². The monoisotopic (exact) mass is 449 g/mol. The molecule has 168 valence electrons. The molecule has 0 unspecified atom stereocenters. The van der Waals surface area contributed by atoms with E-state index in [0.29, 0.717) is 33.8 Å². The summed E-state index contributed by atoms with van der Waals surface area (Å²) in [5.74, 6) is -0.379. The number of hydrogen-bond acceptors (Lipinski definition) is 6. The number of nitrogens with one attached hydrogen (secondary N) is 3. The molecule has 0 aliphatic rings. The summed E-state index contributed by atoms with van der Waals surface area (Å²) < 4.78 is 23.7. The zero-order valence-corrected chi connectivity index (χ0v) is 17.7. The first-order valence-corrected chi connectivity index (χ1v) is 9.83. The Kier molecular flexibility index (Phi) is 5.81. The number of nitrogens with zero attached hydrogens (tertiary/aromatic N) is 1. The van der Waals surface area contributed by atoms with Crippen molar-refractivity contribution in [2.24, 2.45) is 0 Å². The van der Waals surface area contributed by atoms with Gasteiger partial charge in [-0.25, -0.2) is 9.18 Å². The molecule has 4 aromatic rings. The molecule has 0 radical (unpaired) electrons. The lowest BCUT2D eigenvalue weighted by Crippen LogP contribution is -2.20. The molecule has 0 fully saturated rings. The molecule has 0 aliphatic carbocycles. The first-order chi connectivity index (χ1) is 15.9. The van der Waals surface area contributed by atoms with Gasteiger partial charge in [-0.05, 0) is 61.0 Å². The molecule has 0 aliphatic heterocycles. The minimum absolute atomic E-state index is 0.0779. The zero-order chi connectivity index (χ0) is 23.5. The van der Waals surface area contributed by atoms with Gasteiger partial charge in [-0.15, -0.1) is 0 Å². The topological polar surface area (TPSA) is 132 Å². The predicted octanol–water partition coefficient (Wildman–Crippen LogP) is 4.76. The Morgan fingerprint density at radius 1 is 1.03 bits per heavy atom. The van der Waals surface area contributed by atoms with Crippen LogP contribution in [-0.2, 0) is 0 Å². The van der Waals surface area contributed by atoms with Crippen molar-refractivity contribution in [2.75, 3.05) is 28.8 Å². The van der Waals surface area contributed by atoms with Crippen LogP contribution in [0.2, 0.25) is 0 Å². The third-order valence-electron chi connectivity index (χ3n) is 4.89. The predicted molar refractivity (Wildman–Crippen MR) is 123 cm³/mol. The van der Waals surface area contributed by atoms with Crippen molar-refractivity contribution in [1.82, 2.24) is 5.16 Å². The molecule has 3 aromatic carbocycles. The Morgan fingerprint density at radius 2 is 1.82 bits per heavy atom. The number of carbonyl (C=O) groups is 2. The first kappa shape index (κ1) is 21.6. The van der Waals surface area contributed by atoms with Crippen molar-refractivity contribution in [1.29, 1.82) is 0 Å². The molecule has 10 heteroatoms. The molecule has 33 heavy (non-hydrogen) atoms. The molecular weight excluding hydrogens is 429 g/mol. The molecule has 0 spiro atoms. The number of fused-ring (bicyclic) bond motifs is 1. The summed E-state index contributed by atoms with van der Waals surface area (Å²) in [5, 5.41) is 12.1. The summed E-state index contributed by atoms with van der Waals surface area (Å²) in [4.78, 5) is 25.1. The number of aromatic nitrogens is 1. The van der Waals surface area contributed by atoms with Gasteiger partial charge in [0.25, 0.3) is 5.91 Å². The van der Waals surface area contributed by atoms with Crippen LogP contribution in [-0.4, -0.2) is 24.2 Å². The molecule has 1 heterocycles. The Balaban J connectivity index is 1.48. The number of halogens is 1. The van der Waals surface area contributed by atoms with Gasteiger partial charge in [-0.1, -0.05) is 11.2 Å². The van der Waals surface area contributed by atoms with E-state index in [4.69, 9.17) is 15.0 Å². The third-order valence-corrected chi connectivity index (χ3v) is 4.89. The number of methoxy groups -OCH3 is 1. The van der Waals surface area contributed by atoms with Gasteiger partial charge in [0, 0.05) is 17.1 Å². The Morgan fingerprint density at radius 3 is 2.55 bits per heavy atom. The van der Waals surface area contributed by atoms with Gasteiger partial charge in [0.05, 0.1) is 18.1 Å². The van der Waals surface area contributed by atoms with E-state index in [1.807, 2.05) is 0 Å². The number of nitrogens with two attached hydrogens (primary N) is 1. The van der Waals surface area contributed by atoms with Gasteiger partial charge in [0.15, 0.2) is 11.6 Å². The summed E-state index contributed by atoms with van der Waals surface area (Å²) in [7, 11) is 1.48. The number of hydrogen-bond donors (Lipinski definition) is 4. The number of amides is 3. The molecule has 3 amide bonds. The fourth-order valence-electron chi connectivity index (χ4n) is 3.33. The van der Waals surface area contributed by atoms with Crippen molar-refractivity contribution in [3.8, 4) is 5.75 Å². The Bertz CT molecular complexity index is 1370. The van der Waals surface area contributed by atoms with Crippen LogP contribution in [0, 0.1) is 12.7 Å². The van der Waals surface area contributed by atoms with Gasteiger partial charge < -0.3 is 30.9 Å². The second-order valence-electron chi connectivity index (χ2n) is 7.16. The number of aryl methyl sites for hydroxylation is 1. The average molecular weight is 449 g/mol.